The molecule has 56 valence electrons. The smallest absolute Gasteiger partial charge is 0.124 e. The van der Waals surface area contributed by atoms with Gasteiger partial charge in [0.15, 0.2) is 0 Å². The molecule has 1 N–H and O–H groups in total. The van der Waals surface area contributed by atoms with Gasteiger partial charge in [-0.25, -0.2) is 0 Å². The van der Waals surface area contributed by atoms with Crippen molar-refractivity contribution in [1.82, 2.24) is 0 Å². The number of rotatable bonds is 0. The Morgan fingerprint density at radius 3 is 2.82 bits per heavy atom. The van der Waals surface area contributed by atoms with Gasteiger partial charge in [0.2, 0.25) is 0 Å². The molecule has 1 nitrogen and oxygen atoms in total. The summed E-state index contributed by atoms with van der Waals surface area (Å²) in [6, 6.07) is 5.47. The van der Waals surface area contributed by atoms with Crippen LogP contribution in [0.5, 0.6) is 5.75 Å². The molecule has 0 atom stereocenters. The molecule has 0 amide bonds. The summed E-state index contributed by atoms with van der Waals surface area (Å²) < 4.78 is 2.14. The van der Waals surface area contributed by atoms with Gasteiger partial charge in [0, 0.05) is 9.86 Å². The van der Waals surface area contributed by atoms with Crippen LogP contribution in [0.25, 0.3) is 10.1 Å². The van der Waals surface area contributed by atoms with Crippen LogP contribution in [0.2, 0.25) is 0 Å². The first kappa shape index (κ1) is 7.13. The van der Waals surface area contributed by atoms with Gasteiger partial charge >= 0.3 is 0 Å². The van der Waals surface area contributed by atoms with E-state index in [2.05, 4.69) is 15.9 Å². The summed E-state index contributed by atoms with van der Waals surface area (Å²) in [5, 5.41) is 12.3. The lowest BCUT2D eigenvalue weighted by Crippen LogP contribution is -1.67. The largest absolute Gasteiger partial charge is 0.507 e. The van der Waals surface area contributed by atoms with Gasteiger partial charge in [-0.15, -0.1) is 11.3 Å². The number of benzene rings is 1. The third-order valence-electron chi connectivity index (χ3n) is 1.55. The van der Waals surface area contributed by atoms with E-state index in [0.29, 0.717) is 5.75 Å². The quantitative estimate of drug-likeness (QED) is 0.734. The molecule has 1 aromatic heterocycles. The first-order valence-electron chi connectivity index (χ1n) is 3.14. The van der Waals surface area contributed by atoms with Gasteiger partial charge in [0.05, 0.1) is 4.70 Å². The van der Waals surface area contributed by atoms with E-state index in [-0.39, 0.29) is 0 Å². The van der Waals surface area contributed by atoms with Crippen molar-refractivity contribution in [1.29, 1.82) is 0 Å². The number of phenolic OH excluding ortho intramolecular Hbond substituents is 1. The van der Waals surface area contributed by atoms with Crippen molar-refractivity contribution in [3.8, 4) is 5.75 Å². The molecule has 0 fully saturated rings. The van der Waals surface area contributed by atoms with E-state index in [1.54, 1.807) is 17.4 Å². The minimum Gasteiger partial charge on any atom is -0.507 e. The van der Waals surface area contributed by atoms with Crippen molar-refractivity contribution in [2.24, 2.45) is 0 Å². The summed E-state index contributed by atoms with van der Waals surface area (Å²) in [5.74, 6) is 0.351. The molecule has 0 aliphatic rings. The number of aromatic hydroxyl groups is 1. The highest BCUT2D eigenvalue weighted by Crippen LogP contribution is 2.34. The topological polar surface area (TPSA) is 20.2 Å². The molecule has 0 bridgehead atoms. The van der Waals surface area contributed by atoms with Crippen molar-refractivity contribution >= 4 is 37.4 Å². The van der Waals surface area contributed by atoms with Crippen molar-refractivity contribution in [3.05, 3.63) is 28.1 Å². The lowest BCUT2D eigenvalue weighted by molar-refractivity contribution is 0.481. The molecule has 2 rings (SSSR count). The summed E-state index contributed by atoms with van der Waals surface area (Å²) >= 11 is 5.03. The fourth-order valence-electron chi connectivity index (χ4n) is 1.01. The molecular weight excluding hydrogens is 224 g/mol. The summed E-state index contributed by atoms with van der Waals surface area (Å²) in [7, 11) is 0. The van der Waals surface area contributed by atoms with E-state index in [4.69, 9.17) is 0 Å². The number of hydrogen-bond acceptors (Lipinski definition) is 2. The van der Waals surface area contributed by atoms with Crippen LogP contribution >= 0.6 is 27.3 Å². The number of hydrogen-bond donors (Lipinski definition) is 1. The molecule has 11 heavy (non-hydrogen) atoms. The molecule has 0 aliphatic heterocycles. The van der Waals surface area contributed by atoms with E-state index in [1.165, 1.54) is 0 Å². The van der Waals surface area contributed by atoms with Crippen molar-refractivity contribution in [2.75, 3.05) is 0 Å². The van der Waals surface area contributed by atoms with Crippen LogP contribution in [-0.4, -0.2) is 5.11 Å². The second kappa shape index (κ2) is 2.50. The van der Waals surface area contributed by atoms with Crippen LogP contribution in [0.15, 0.2) is 28.1 Å². The Bertz CT molecular complexity index is 358. The Labute approximate surface area is 76.4 Å². The third kappa shape index (κ3) is 1.04. The predicted octanol–water partition coefficient (Wildman–Crippen LogP) is 3.37. The standard InChI is InChI=1S/C8H5BrOS/c9-6-1-2-7(10)5-3-4-11-8(5)6/h1-4,10H. The van der Waals surface area contributed by atoms with Crippen molar-refractivity contribution in [2.45, 2.75) is 0 Å². The Morgan fingerprint density at radius 1 is 1.27 bits per heavy atom. The summed E-state index contributed by atoms with van der Waals surface area (Å²) in [6.07, 6.45) is 0. The Balaban J connectivity index is 2.96. The molecule has 0 radical (unpaired) electrons. The number of phenols is 1. The van der Waals surface area contributed by atoms with Gasteiger partial charge in [-0.3, -0.25) is 0 Å². The first-order chi connectivity index (χ1) is 5.29. The first-order valence-corrected chi connectivity index (χ1v) is 4.81. The van der Waals surface area contributed by atoms with Crippen LogP contribution in [0.4, 0.5) is 0 Å². The maximum absolute atomic E-state index is 9.37. The summed E-state index contributed by atoms with van der Waals surface area (Å²) in [6.45, 7) is 0. The Hall–Kier alpha value is -0.540. The molecular formula is C8H5BrOS. The van der Waals surface area contributed by atoms with Gasteiger partial charge in [0.25, 0.3) is 0 Å². The molecule has 0 unspecified atom stereocenters. The summed E-state index contributed by atoms with van der Waals surface area (Å²) in [4.78, 5) is 0. The third-order valence-corrected chi connectivity index (χ3v) is 3.42. The zero-order valence-electron chi connectivity index (χ0n) is 5.54. The van der Waals surface area contributed by atoms with Gasteiger partial charge < -0.3 is 5.11 Å². The van der Waals surface area contributed by atoms with Crippen LogP contribution in [-0.2, 0) is 0 Å². The second-order valence-corrected chi connectivity index (χ2v) is 4.00. The number of thiophene rings is 1. The zero-order chi connectivity index (χ0) is 7.84. The SMILES string of the molecule is Oc1ccc(Br)c2sccc12. The molecule has 0 aliphatic carbocycles. The normalized spacial score (nSPS) is 10.6. The average Bonchev–Trinajstić information content (AvgIpc) is 2.45. The van der Waals surface area contributed by atoms with Gasteiger partial charge in [-0.1, -0.05) is 0 Å². The predicted molar refractivity (Wildman–Crippen MR) is 51.2 cm³/mol. The molecule has 0 spiro atoms. The highest BCUT2D eigenvalue weighted by Gasteiger charge is 2.02. The fourth-order valence-corrected chi connectivity index (χ4v) is 2.46. The molecule has 0 saturated heterocycles. The van der Waals surface area contributed by atoms with Gasteiger partial charge in [-0.2, -0.15) is 0 Å². The molecule has 2 aromatic rings. The average molecular weight is 229 g/mol. The van der Waals surface area contributed by atoms with E-state index in [0.717, 1.165) is 14.6 Å². The molecule has 1 heterocycles. The monoisotopic (exact) mass is 228 g/mol. The van der Waals surface area contributed by atoms with Gasteiger partial charge in [0.1, 0.15) is 5.75 Å². The maximum Gasteiger partial charge on any atom is 0.124 e. The van der Waals surface area contributed by atoms with Crippen molar-refractivity contribution in [3.63, 3.8) is 0 Å². The van der Waals surface area contributed by atoms with Gasteiger partial charge in [-0.05, 0) is 39.5 Å². The zero-order valence-corrected chi connectivity index (χ0v) is 7.95. The van der Waals surface area contributed by atoms with Crippen LogP contribution < -0.4 is 0 Å². The minimum atomic E-state index is 0.351. The minimum absolute atomic E-state index is 0.351. The fraction of sp³-hybridized carbons (Fsp3) is 0. The highest BCUT2D eigenvalue weighted by atomic mass is 79.9. The van der Waals surface area contributed by atoms with E-state index < -0.39 is 0 Å². The lowest BCUT2D eigenvalue weighted by Gasteiger charge is -1.95. The van der Waals surface area contributed by atoms with E-state index in [1.807, 2.05) is 17.5 Å². The van der Waals surface area contributed by atoms with Crippen molar-refractivity contribution < 1.29 is 5.11 Å². The Morgan fingerprint density at radius 2 is 2.09 bits per heavy atom. The Kier molecular flexibility index (Phi) is 1.62. The highest BCUT2D eigenvalue weighted by molar-refractivity contribution is 9.10. The van der Waals surface area contributed by atoms with E-state index in [9.17, 15) is 5.11 Å². The molecule has 0 saturated carbocycles. The number of fused-ring (bicyclic) bond motifs is 1. The van der Waals surface area contributed by atoms with Crippen LogP contribution in [0, 0.1) is 0 Å². The molecule has 3 heteroatoms. The molecule has 1 aromatic carbocycles. The summed E-state index contributed by atoms with van der Waals surface area (Å²) in [5.41, 5.74) is 0. The lowest BCUT2D eigenvalue weighted by atomic mass is 10.2. The van der Waals surface area contributed by atoms with E-state index >= 15 is 0 Å². The second-order valence-electron chi connectivity index (χ2n) is 2.23. The number of halogens is 1. The van der Waals surface area contributed by atoms with Crippen LogP contribution in [0.3, 0.4) is 0 Å². The maximum atomic E-state index is 9.37. The van der Waals surface area contributed by atoms with Crippen LogP contribution in [0.1, 0.15) is 0 Å².